The fourth-order valence-corrected chi connectivity index (χ4v) is 4.31. The van der Waals surface area contributed by atoms with Crippen molar-refractivity contribution in [3.63, 3.8) is 0 Å². The van der Waals surface area contributed by atoms with Crippen molar-refractivity contribution >= 4 is 28.7 Å². The van der Waals surface area contributed by atoms with E-state index in [1.54, 1.807) is 24.8 Å². The third-order valence-corrected chi connectivity index (χ3v) is 6.20. The Balaban J connectivity index is 1.55. The van der Waals surface area contributed by atoms with Crippen LogP contribution in [0, 0.1) is 5.92 Å². The van der Waals surface area contributed by atoms with Gasteiger partial charge in [0.25, 0.3) is 0 Å². The largest absolute Gasteiger partial charge is 0.476 e. The molecule has 1 saturated heterocycles. The summed E-state index contributed by atoms with van der Waals surface area (Å²) in [4.78, 5) is 43.4. The summed E-state index contributed by atoms with van der Waals surface area (Å²) in [7, 11) is 0. The topological polar surface area (TPSA) is 117 Å². The summed E-state index contributed by atoms with van der Waals surface area (Å²) >= 11 is 0. The summed E-state index contributed by atoms with van der Waals surface area (Å²) in [5.41, 5.74) is 1.53. The van der Waals surface area contributed by atoms with Crippen molar-refractivity contribution in [3.05, 3.63) is 35.1 Å². The number of aromatic nitrogens is 3. The van der Waals surface area contributed by atoms with Gasteiger partial charge in [0.05, 0.1) is 18.3 Å². The van der Waals surface area contributed by atoms with Crippen LogP contribution in [0.3, 0.4) is 0 Å². The van der Waals surface area contributed by atoms with Crippen LogP contribution in [0.5, 0.6) is 0 Å². The Hall–Kier alpha value is -3.30. The van der Waals surface area contributed by atoms with Crippen molar-refractivity contribution in [3.8, 4) is 0 Å². The number of halogens is 1. The molecule has 1 saturated carbocycles. The maximum absolute atomic E-state index is 13.8. The predicted octanol–water partition coefficient (Wildman–Crippen LogP) is 2.06. The van der Waals surface area contributed by atoms with Crippen molar-refractivity contribution in [2.75, 3.05) is 6.54 Å². The first-order valence-electron chi connectivity index (χ1n) is 10.7. The van der Waals surface area contributed by atoms with Gasteiger partial charge in [-0.25, -0.2) is 9.18 Å². The van der Waals surface area contributed by atoms with Gasteiger partial charge in [-0.1, -0.05) is 6.92 Å². The number of carbonyl (C=O) groups excluding carboxylic acids is 2. The molecule has 2 aromatic rings. The first kappa shape index (κ1) is 21.9. The minimum Gasteiger partial charge on any atom is -0.476 e. The maximum Gasteiger partial charge on any atom is 0.357 e. The van der Waals surface area contributed by atoms with E-state index in [-0.39, 0.29) is 42.6 Å². The molecule has 0 bridgehead atoms. The van der Waals surface area contributed by atoms with E-state index in [0.29, 0.717) is 29.3 Å². The number of piperidine rings is 1. The number of aryl methyl sites for hydroxylation is 1. The zero-order valence-electron chi connectivity index (χ0n) is 18.3. The van der Waals surface area contributed by atoms with Crippen LogP contribution in [0.2, 0.25) is 0 Å². The number of carbonyl (C=O) groups is 3. The Kier molecular flexibility index (Phi) is 5.70. The third-order valence-electron chi connectivity index (χ3n) is 6.20. The fourth-order valence-electron chi connectivity index (χ4n) is 4.31. The molecule has 0 unspecified atom stereocenters. The van der Waals surface area contributed by atoms with Gasteiger partial charge in [0.2, 0.25) is 11.8 Å². The first-order chi connectivity index (χ1) is 15.2. The van der Waals surface area contributed by atoms with Crippen molar-refractivity contribution < 1.29 is 23.9 Å². The highest BCUT2D eigenvalue weighted by Gasteiger charge is 2.56. The summed E-state index contributed by atoms with van der Waals surface area (Å²) < 4.78 is 15.1. The molecule has 0 aromatic carbocycles. The average molecular weight is 443 g/mol. The monoisotopic (exact) mass is 443 g/mol. The summed E-state index contributed by atoms with van der Waals surface area (Å²) in [6.07, 6.45) is 3.54. The number of aromatic carboxylic acids is 1. The summed E-state index contributed by atoms with van der Waals surface area (Å²) in [6, 6.07) is 0.993. The average Bonchev–Trinajstić information content (AvgIpc) is 3.27. The fraction of sp³-hybridized carbons (Fsp3) is 0.500. The van der Waals surface area contributed by atoms with E-state index in [9.17, 15) is 23.9 Å². The number of nitrogens with one attached hydrogen (secondary N) is 1. The molecule has 3 heterocycles. The van der Waals surface area contributed by atoms with E-state index < -0.39 is 17.8 Å². The molecule has 0 spiro atoms. The van der Waals surface area contributed by atoms with Gasteiger partial charge in [-0.15, -0.1) is 0 Å². The maximum atomic E-state index is 13.8. The molecule has 10 heteroatoms. The van der Waals surface area contributed by atoms with Crippen LogP contribution in [0.4, 0.5) is 4.39 Å². The lowest BCUT2D eigenvalue weighted by atomic mass is 10.1. The SMILES string of the molecule is CCc1cc2c(C(=O)O)nn(CC(=O)N3[C@@H]4C[C@@H]4C[C@H]3C(=O)NCC(F)=C(C)C)c2cn1. The predicted molar refractivity (Wildman–Crippen MR) is 114 cm³/mol. The number of fused-ring (bicyclic) bond motifs is 2. The van der Waals surface area contributed by atoms with E-state index in [4.69, 9.17) is 0 Å². The Bertz CT molecular complexity index is 1140. The normalized spacial score (nSPS) is 21.4. The molecule has 0 radical (unpaired) electrons. The zero-order chi connectivity index (χ0) is 23.2. The minimum absolute atomic E-state index is 0.0165. The molecule has 1 aliphatic heterocycles. The van der Waals surface area contributed by atoms with Gasteiger partial charge in [0.15, 0.2) is 5.69 Å². The van der Waals surface area contributed by atoms with E-state index in [1.807, 2.05) is 6.92 Å². The van der Waals surface area contributed by atoms with Crippen molar-refractivity contribution in [2.24, 2.45) is 5.92 Å². The number of likely N-dealkylation sites (tertiary alicyclic amines) is 1. The highest BCUT2D eigenvalue weighted by Crippen LogP contribution is 2.48. The number of hydrogen-bond acceptors (Lipinski definition) is 5. The molecule has 2 aromatic heterocycles. The Labute approximate surface area is 184 Å². The number of carboxylic acid groups (broad SMARTS) is 1. The van der Waals surface area contributed by atoms with Crippen LogP contribution in [-0.2, 0) is 22.6 Å². The van der Waals surface area contributed by atoms with Crippen molar-refractivity contribution in [1.82, 2.24) is 25.0 Å². The molecule has 2 N–H and O–H groups in total. The van der Waals surface area contributed by atoms with Crippen LogP contribution in [0.15, 0.2) is 23.7 Å². The third kappa shape index (κ3) is 3.96. The van der Waals surface area contributed by atoms with E-state index >= 15 is 0 Å². The molecule has 2 aliphatic rings. The zero-order valence-corrected chi connectivity index (χ0v) is 18.3. The van der Waals surface area contributed by atoms with Gasteiger partial charge in [-0.3, -0.25) is 19.3 Å². The number of rotatable bonds is 7. The first-order valence-corrected chi connectivity index (χ1v) is 10.7. The van der Waals surface area contributed by atoms with Gasteiger partial charge in [-0.2, -0.15) is 5.10 Å². The molecule has 3 atom stereocenters. The molecule has 9 nitrogen and oxygen atoms in total. The number of allylic oxidation sites excluding steroid dienone is 1. The highest BCUT2D eigenvalue weighted by molar-refractivity contribution is 6.01. The Morgan fingerprint density at radius 1 is 1.28 bits per heavy atom. The second-order valence-electron chi connectivity index (χ2n) is 8.60. The van der Waals surface area contributed by atoms with Crippen molar-refractivity contribution in [1.29, 1.82) is 0 Å². The quantitative estimate of drug-likeness (QED) is 0.677. The Morgan fingerprint density at radius 2 is 2.03 bits per heavy atom. The van der Waals surface area contributed by atoms with Crippen LogP contribution < -0.4 is 5.32 Å². The van der Waals surface area contributed by atoms with E-state index in [0.717, 1.165) is 12.1 Å². The molecule has 2 fully saturated rings. The van der Waals surface area contributed by atoms with Crippen LogP contribution >= 0.6 is 0 Å². The molecule has 170 valence electrons. The molecule has 1 aliphatic carbocycles. The second kappa shape index (κ2) is 8.33. The van der Waals surface area contributed by atoms with Gasteiger partial charge in [0.1, 0.15) is 18.4 Å². The summed E-state index contributed by atoms with van der Waals surface area (Å²) in [6.45, 7) is 4.76. The lowest BCUT2D eigenvalue weighted by Gasteiger charge is -2.27. The molecular weight excluding hydrogens is 417 g/mol. The van der Waals surface area contributed by atoms with Crippen LogP contribution in [-0.4, -0.2) is 61.2 Å². The van der Waals surface area contributed by atoms with Gasteiger partial charge < -0.3 is 15.3 Å². The number of amides is 2. The minimum atomic E-state index is -1.18. The molecule has 4 rings (SSSR count). The standard InChI is InChI=1S/C22H26FN5O4/c1-4-13-7-14-18(9-24-13)27(26-20(14)22(31)32)10-19(29)28-16-5-12(16)6-17(28)21(30)25-8-15(23)11(2)3/h7,9,12,16-17H,4-6,8,10H2,1-3H3,(H,25,30)(H,31,32)/t12-,16-,17+/m1/s1. The van der Waals surface area contributed by atoms with Gasteiger partial charge in [-0.05, 0) is 50.7 Å². The molecule has 32 heavy (non-hydrogen) atoms. The number of hydrogen-bond donors (Lipinski definition) is 2. The van der Waals surface area contributed by atoms with Crippen LogP contribution in [0.25, 0.3) is 10.9 Å². The van der Waals surface area contributed by atoms with E-state index in [1.165, 1.54) is 10.9 Å². The number of nitrogens with zero attached hydrogens (tertiary/aromatic N) is 4. The molecular formula is C22H26FN5O4. The molecule has 2 amide bonds. The number of pyridine rings is 1. The summed E-state index contributed by atoms with van der Waals surface area (Å²) in [5.74, 6) is -2.02. The van der Waals surface area contributed by atoms with Crippen LogP contribution in [0.1, 0.15) is 49.8 Å². The highest BCUT2D eigenvalue weighted by atomic mass is 19.1. The van der Waals surface area contributed by atoms with E-state index in [2.05, 4.69) is 15.4 Å². The lowest BCUT2D eigenvalue weighted by molar-refractivity contribution is -0.140. The second-order valence-corrected chi connectivity index (χ2v) is 8.60. The van der Waals surface area contributed by atoms with Gasteiger partial charge >= 0.3 is 5.97 Å². The lowest BCUT2D eigenvalue weighted by Crippen LogP contribution is -2.49. The smallest absolute Gasteiger partial charge is 0.357 e. The number of carboxylic acids is 1. The Morgan fingerprint density at radius 3 is 2.69 bits per heavy atom. The van der Waals surface area contributed by atoms with Gasteiger partial charge in [0, 0.05) is 17.1 Å². The summed E-state index contributed by atoms with van der Waals surface area (Å²) in [5, 5.41) is 16.7. The van der Waals surface area contributed by atoms with Crippen molar-refractivity contribution in [2.45, 2.75) is 58.7 Å².